The number of aromatic nitrogens is 4. The first-order valence-electron chi connectivity index (χ1n) is 8.33. The molecule has 0 amide bonds. The number of alkyl halides is 3. The Labute approximate surface area is 147 Å². The molecule has 0 saturated carbocycles. The third-order valence-corrected chi connectivity index (χ3v) is 4.50. The van der Waals surface area contributed by atoms with Crippen molar-refractivity contribution in [2.45, 2.75) is 12.6 Å². The lowest BCUT2D eigenvalue weighted by Crippen LogP contribution is -2.23. The normalized spacial score (nSPS) is 17.8. The summed E-state index contributed by atoms with van der Waals surface area (Å²) >= 11 is 0. The second-order valence-corrected chi connectivity index (χ2v) is 6.31. The number of nitrogens with one attached hydrogen (secondary N) is 2. The quantitative estimate of drug-likeness (QED) is 0.745. The highest BCUT2D eigenvalue weighted by Gasteiger charge is 2.36. The Hall–Kier alpha value is -2.84. The molecular formula is C17H17F3N6. The minimum atomic E-state index is -4.61. The van der Waals surface area contributed by atoms with Gasteiger partial charge in [0.1, 0.15) is 5.52 Å². The maximum absolute atomic E-state index is 13.0. The number of halogens is 3. The van der Waals surface area contributed by atoms with Gasteiger partial charge in [0, 0.05) is 25.3 Å². The predicted molar refractivity (Wildman–Crippen MR) is 91.9 cm³/mol. The molecule has 1 aromatic carbocycles. The average Bonchev–Trinajstić information content (AvgIpc) is 3.29. The number of rotatable bonds is 4. The molecule has 3 heterocycles. The van der Waals surface area contributed by atoms with Gasteiger partial charge < -0.3 is 15.2 Å². The van der Waals surface area contributed by atoms with Gasteiger partial charge in [0.25, 0.3) is 0 Å². The van der Waals surface area contributed by atoms with Crippen LogP contribution in [0.2, 0.25) is 0 Å². The van der Waals surface area contributed by atoms with Crippen molar-refractivity contribution >= 4 is 22.7 Å². The minimum Gasteiger partial charge on any atom is -0.371 e. The fourth-order valence-corrected chi connectivity index (χ4v) is 3.20. The number of hydrogen-bond acceptors (Lipinski definition) is 5. The molecule has 1 unspecified atom stereocenters. The number of benzene rings is 1. The van der Waals surface area contributed by atoms with Gasteiger partial charge in [-0.05, 0) is 24.5 Å². The number of anilines is 2. The van der Waals surface area contributed by atoms with Gasteiger partial charge in [-0.2, -0.15) is 13.2 Å². The fourth-order valence-electron chi connectivity index (χ4n) is 3.20. The fraction of sp³-hybridized carbons (Fsp3) is 0.353. The maximum atomic E-state index is 13.0. The SMILES string of the molecule is FC(F)(F)c1nc(NCC2CCN(c3ccccc3)C2)c2[nH]cnc2n1. The molecule has 1 saturated heterocycles. The average molecular weight is 362 g/mol. The standard InChI is InChI=1S/C17H17F3N6/c18-17(19,20)16-24-14(13-15(25-16)23-10-22-13)21-8-11-6-7-26(9-11)12-4-2-1-3-5-12/h1-5,10-11H,6-9H2,(H2,21,22,23,24,25). The van der Waals surface area contributed by atoms with E-state index in [0.29, 0.717) is 18.0 Å². The Morgan fingerprint density at radius 2 is 2.00 bits per heavy atom. The maximum Gasteiger partial charge on any atom is 0.451 e. The number of para-hydroxylation sites is 1. The highest BCUT2D eigenvalue weighted by Crippen LogP contribution is 2.30. The third kappa shape index (κ3) is 3.29. The van der Waals surface area contributed by atoms with Crippen molar-refractivity contribution in [1.82, 2.24) is 19.9 Å². The summed E-state index contributed by atoms with van der Waals surface area (Å²) in [5, 5.41) is 3.05. The van der Waals surface area contributed by atoms with E-state index in [1.54, 1.807) is 0 Å². The summed E-state index contributed by atoms with van der Waals surface area (Å²) in [6.07, 6.45) is -2.33. The zero-order valence-corrected chi connectivity index (χ0v) is 13.8. The molecule has 2 N–H and O–H groups in total. The van der Waals surface area contributed by atoms with E-state index in [2.05, 4.69) is 42.3 Å². The number of H-pyrrole nitrogens is 1. The van der Waals surface area contributed by atoms with Gasteiger partial charge >= 0.3 is 6.18 Å². The van der Waals surface area contributed by atoms with E-state index >= 15 is 0 Å². The number of imidazole rings is 1. The molecule has 1 aliphatic heterocycles. The van der Waals surface area contributed by atoms with E-state index < -0.39 is 12.0 Å². The van der Waals surface area contributed by atoms with E-state index in [4.69, 9.17) is 0 Å². The second kappa shape index (κ2) is 6.47. The predicted octanol–water partition coefficient (Wildman–Crippen LogP) is 3.31. The van der Waals surface area contributed by atoms with Crippen LogP contribution < -0.4 is 10.2 Å². The van der Waals surface area contributed by atoms with E-state index in [9.17, 15) is 13.2 Å². The summed E-state index contributed by atoms with van der Waals surface area (Å²) in [6, 6.07) is 10.1. The number of hydrogen-bond donors (Lipinski definition) is 2. The molecule has 0 bridgehead atoms. The number of fused-ring (bicyclic) bond motifs is 1. The van der Waals surface area contributed by atoms with Gasteiger partial charge in [0.15, 0.2) is 11.5 Å². The summed E-state index contributed by atoms with van der Waals surface area (Å²) < 4.78 is 39.0. The number of aromatic amines is 1. The molecule has 1 atom stereocenters. The van der Waals surface area contributed by atoms with Crippen LogP contribution in [0.1, 0.15) is 12.2 Å². The van der Waals surface area contributed by atoms with Crippen LogP contribution in [0.4, 0.5) is 24.7 Å². The van der Waals surface area contributed by atoms with Crippen LogP contribution in [0.5, 0.6) is 0 Å². The van der Waals surface area contributed by atoms with Gasteiger partial charge in [-0.1, -0.05) is 18.2 Å². The first kappa shape index (κ1) is 16.6. The van der Waals surface area contributed by atoms with Crippen molar-refractivity contribution in [3.8, 4) is 0 Å². The topological polar surface area (TPSA) is 69.7 Å². The van der Waals surface area contributed by atoms with Crippen molar-refractivity contribution in [2.75, 3.05) is 29.9 Å². The van der Waals surface area contributed by atoms with Crippen molar-refractivity contribution < 1.29 is 13.2 Å². The molecule has 1 fully saturated rings. The summed E-state index contributed by atoms with van der Waals surface area (Å²) in [7, 11) is 0. The summed E-state index contributed by atoms with van der Waals surface area (Å²) in [4.78, 5) is 16.0. The van der Waals surface area contributed by atoms with Crippen LogP contribution in [0.15, 0.2) is 36.7 Å². The lowest BCUT2D eigenvalue weighted by molar-refractivity contribution is -0.144. The zero-order chi connectivity index (χ0) is 18.1. The van der Waals surface area contributed by atoms with Crippen LogP contribution in [0, 0.1) is 5.92 Å². The highest BCUT2D eigenvalue weighted by atomic mass is 19.4. The van der Waals surface area contributed by atoms with Gasteiger partial charge in [0.2, 0.25) is 5.82 Å². The Kier molecular flexibility index (Phi) is 4.14. The lowest BCUT2D eigenvalue weighted by atomic mass is 10.1. The van der Waals surface area contributed by atoms with Crippen molar-refractivity contribution in [3.05, 3.63) is 42.5 Å². The van der Waals surface area contributed by atoms with E-state index in [1.165, 1.54) is 6.33 Å². The summed E-state index contributed by atoms with van der Waals surface area (Å²) in [5.74, 6) is -0.729. The Morgan fingerprint density at radius 3 is 2.77 bits per heavy atom. The van der Waals surface area contributed by atoms with Crippen LogP contribution in [0.25, 0.3) is 11.2 Å². The molecule has 9 heteroatoms. The first-order valence-corrected chi connectivity index (χ1v) is 8.33. The van der Waals surface area contributed by atoms with Crippen LogP contribution >= 0.6 is 0 Å². The molecule has 0 aliphatic carbocycles. The minimum absolute atomic E-state index is 0.00663. The molecule has 4 rings (SSSR count). The molecule has 3 aromatic rings. The van der Waals surface area contributed by atoms with Crippen LogP contribution in [0.3, 0.4) is 0 Å². The highest BCUT2D eigenvalue weighted by molar-refractivity contribution is 5.82. The Bertz CT molecular complexity index is 892. The molecule has 26 heavy (non-hydrogen) atoms. The second-order valence-electron chi connectivity index (χ2n) is 6.31. The van der Waals surface area contributed by atoms with Crippen molar-refractivity contribution in [3.63, 3.8) is 0 Å². The van der Waals surface area contributed by atoms with Crippen LogP contribution in [-0.4, -0.2) is 39.6 Å². The van der Waals surface area contributed by atoms with E-state index in [1.807, 2.05) is 18.2 Å². The Balaban J connectivity index is 1.47. The monoisotopic (exact) mass is 362 g/mol. The van der Waals surface area contributed by atoms with Crippen molar-refractivity contribution in [1.29, 1.82) is 0 Å². The van der Waals surface area contributed by atoms with Crippen LogP contribution in [-0.2, 0) is 6.18 Å². The summed E-state index contributed by atoms with van der Waals surface area (Å²) in [6.45, 7) is 2.31. The largest absolute Gasteiger partial charge is 0.451 e. The van der Waals surface area contributed by atoms with Gasteiger partial charge in [0.05, 0.1) is 6.33 Å². The molecule has 6 nitrogen and oxygen atoms in total. The smallest absolute Gasteiger partial charge is 0.371 e. The zero-order valence-electron chi connectivity index (χ0n) is 13.8. The summed E-state index contributed by atoms with van der Waals surface area (Å²) in [5.41, 5.74) is 1.55. The molecule has 136 valence electrons. The molecule has 2 aromatic heterocycles. The molecule has 1 aliphatic rings. The van der Waals surface area contributed by atoms with Gasteiger partial charge in [-0.15, -0.1) is 0 Å². The first-order chi connectivity index (χ1) is 12.5. The Morgan fingerprint density at radius 1 is 1.19 bits per heavy atom. The lowest BCUT2D eigenvalue weighted by Gasteiger charge is -2.19. The van der Waals surface area contributed by atoms with Crippen molar-refractivity contribution in [2.24, 2.45) is 5.92 Å². The molecule has 0 radical (unpaired) electrons. The van der Waals surface area contributed by atoms with E-state index in [-0.39, 0.29) is 11.5 Å². The third-order valence-electron chi connectivity index (χ3n) is 4.50. The molecular weight excluding hydrogens is 345 g/mol. The molecule has 0 spiro atoms. The number of nitrogens with zero attached hydrogens (tertiary/aromatic N) is 4. The van der Waals surface area contributed by atoms with Gasteiger partial charge in [-0.3, -0.25) is 0 Å². The van der Waals surface area contributed by atoms with Gasteiger partial charge in [-0.25, -0.2) is 15.0 Å². The van der Waals surface area contributed by atoms with E-state index in [0.717, 1.165) is 25.2 Å².